The number of carbonyl (C=O) groups is 2. The summed E-state index contributed by atoms with van der Waals surface area (Å²) in [5, 5.41) is 4.31. The van der Waals surface area contributed by atoms with E-state index >= 15 is 0 Å². The molecule has 0 aliphatic carbocycles. The van der Waals surface area contributed by atoms with Gasteiger partial charge in [0.05, 0.1) is 11.5 Å². The van der Waals surface area contributed by atoms with Crippen molar-refractivity contribution in [2.75, 3.05) is 6.61 Å². The zero-order valence-electron chi connectivity index (χ0n) is 14.6. The molecule has 8 heteroatoms. The average molecular weight is 392 g/mol. The predicted molar refractivity (Wildman–Crippen MR) is 106 cm³/mol. The molecule has 6 nitrogen and oxygen atoms in total. The van der Waals surface area contributed by atoms with Gasteiger partial charge in [-0.05, 0) is 60.3 Å². The Balaban J connectivity index is 1.77. The van der Waals surface area contributed by atoms with Crippen LogP contribution in [0.5, 0.6) is 5.75 Å². The molecule has 0 unspecified atom stereocenters. The molecular weight excluding hydrogens is 370 g/mol. The van der Waals surface area contributed by atoms with Crippen LogP contribution in [-0.4, -0.2) is 23.5 Å². The first-order chi connectivity index (χ1) is 12.5. The number of hydrogen-bond donors (Lipinski definition) is 3. The van der Waals surface area contributed by atoms with Gasteiger partial charge < -0.3 is 4.74 Å². The number of thiophene rings is 1. The molecule has 138 valence electrons. The average Bonchev–Trinajstić information content (AvgIpc) is 3.14. The Bertz CT molecular complexity index is 744. The Hall–Kier alpha value is -2.45. The molecule has 0 fully saturated rings. The van der Waals surface area contributed by atoms with Gasteiger partial charge in [-0.3, -0.25) is 25.8 Å². The quantitative estimate of drug-likeness (QED) is 0.521. The summed E-state index contributed by atoms with van der Waals surface area (Å²) >= 11 is 6.31. The second kappa shape index (κ2) is 9.88. The molecule has 2 aromatic rings. The molecule has 1 aromatic carbocycles. The Labute approximate surface area is 161 Å². The number of hydrazine groups is 1. The van der Waals surface area contributed by atoms with E-state index in [0.29, 0.717) is 28.7 Å². The molecule has 0 spiro atoms. The molecule has 26 heavy (non-hydrogen) atoms. The van der Waals surface area contributed by atoms with Crippen LogP contribution in [0.1, 0.15) is 40.3 Å². The summed E-state index contributed by atoms with van der Waals surface area (Å²) in [6.07, 6.45) is 0.972. The van der Waals surface area contributed by atoms with E-state index in [1.54, 1.807) is 41.8 Å². The van der Waals surface area contributed by atoms with Gasteiger partial charge in [0.2, 0.25) is 0 Å². The van der Waals surface area contributed by atoms with Crippen LogP contribution >= 0.6 is 23.6 Å². The summed E-state index contributed by atoms with van der Waals surface area (Å²) < 4.78 is 5.62. The van der Waals surface area contributed by atoms with E-state index in [4.69, 9.17) is 17.0 Å². The molecule has 0 radical (unpaired) electrons. The van der Waals surface area contributed by atoms with Gasteiger partial charge in [-0.2, -0.15) is 0 Å². The third-order valence-corrected chi connectivity index (χ3v) is 4.41. The van der Waals surface area contributed by atoms with Gasteiger partial charge in [-0.25, -0.2) is 0 Å². The second-order valence-corrected chi connectivity index (χ2v) is 7.25. The monoisotopic (exact) mass is 391 g/mol. The molecule has 0 bridgehead atoms. The fourth-order valence-electron chi connectivity index (χ4n) is 1.90. The maximum Gasteiger partial charge on any atom is 0.279 e. The number of carbonyl (C=O) groups excluding carboxylic acids is 2. The van der Waals surface area contributed by atoms with Gasteiger partial charge in [0, 0.05) is 5.56 Å². The highest BCUT2D eigenvalue weighted by molar-refractivity contribution is 7.80. The van der Waals surface area contributed by atoms with Gasteiger partial charge in [-0.1, -0.05) is 19.9 Å². The first-order valence-electron chi connectivity index (χ1n) is 8.13. The Kier molecular flexibility index (Phi) is 7.55. The lowest BCUT2D eigenvalue weighted by Gasteiger charge is -2.11. The second-order valence-electron chi connectivity index (χ2n) is 5.90. The lowest BCUT2D eigenvalue weighted by Crippen LogP contribution is -2.48. The molecule has 2 rings (SSSR count). The summed E-state index contributed by atoms with van der Waals surface area (Å²) in [6, 6.07) is 10.3. The van der Waals surface area contributed by atoms with Crippen LogP contribution < -0.4 is 20.9 Å². The highest BCUT2D eigenvalue weighted by Crippen LogP contribution is 2.13. The van der Waals surface area contributed by atoms with Crippen LogP contribution in [0, 0.1) is 5.92 Å². The summed E-state index contributed by atoms with van der Waals surface area (Å²) in [6.45, 7) is 4.91. The van der Waals surface area contributed by atoms with Crippen molar-refractivity contribution in [3.8, 4) is 5.75 Å². The lowest BCUT2D eigenvalue weighted by atomic mass is 10.1. The number of thiocarbonyl (C=S) groups is 1. The molecular formula is C18H21N3O3S2. The molecule has 0 saturated heterocycles. The van der Waals surface area contributed by atoms with Crippen molar-refractivity contribution in [2.45, 2.75) is 20.3 Å². The predicted octanol–water partition coefficient (Wildman–Crippen LogP) is 3.12. The van der Waals surface area contributed by atoms with Gasteiger partial charge in [-0.15, -0.1) is 11.3 Å². The number of ether oxygens (including phenoxy) is 1. The fraction of sp³-hybridized carbons (Fsp3) is 0.278. The zero-order valence-corrected chi connectivity index (χ0v) is 16.2. The first kappa shape index (κ1) is 19.9. The standard InChI is InChI=1S/C18H21N3O3S2/c1-12(2)9-10-24-14-7-5-13(6-8-14)16(22)19-18(25)21-20-17(23)15-4-3-11-26-15/h3-8,11-12H,9-10H2,1-2H3,(H,20,23)(H2,19,21,22,25). The van der Waals surface area contributed by atoms with Crippen molar-refractivity contribution in [3.05, 3.63) is 52.2 Å². The number of nitrogens with one attached hydrogen (secondary N) is 3. The van der Waals surface area contributed by atoms with Crippen LogP contribution in [0.25, 0.3) is 0 Å². The smallest absolute Gasteiger partial charge is 0.279 e. The lowest BCUT2D eigenvalue weighted by molar-refractivity contribution is 0.0938. The molecule has 1 aromatic heterocycles. The van der Waals surface area contributed by atoms with Crippen molar-refractivity contribution < 1.29 is 14.3 Å². The molecule has 0 aliphatic rings. The van der Waals surface area contributed by atoms with E-state index in [1.165, 1.54) is 11.3 Å². The van der Waals surface area contributed by atoms with E-state index in [-0.39, 0.29) is 16.9 Å². The molecule has 0 saturated carbocycles. The molecule has 0 aliphatic heterocycles. The summed E-state index contributed by atoms with van der Waals surface area (Å²) in [4.78, 5) is 24.5. The highest BCUT2D eigenvalue weighted by Gasteiger charge is 2.10. The first-order valence-corrected chi connectivity index (χ1v) is 9.42. The maximum atomic E-state index is 12.2. The van der Waals surface area contributed by atoms with Gasteiger partial charge in [0.15, 0.2) is 5.11 Å². The minimum atomic E-state index is -0.374. The van der Waals surface area contributed by atoms with Crippen LogP contribution in [0.3, 0.4) is 0 Å². The van der Waals surface area contributed by atoms with E-state index in [1.807, 2.05) is 0 Å². The third-order valence-electron chi connectivity index (χ3n) is 3.34. The Morgan fingerprint density at radius 1 is 1.12 bits per heavy atom. The summed E-state index contributed by atoms with van der Waals surface area (Å²) in [5.41, 5.74) is 5.37. The Morgan fingerprint density at radius 3 is 2.46 bits per heavy atom. The highest BCUT2D eigenvalue weighted by atomic mass is 32.1. The minimum Gasteiger partial charge on any atom is -0.494 e. The summed E-state index contributed by atoms with van der Waals surface area (Å²) in [5.74, 6) is 0.598. The van der Waals surface area contributed by atoms with E-state index < -0.39 is 0 Å². The minimum absolute atomic E-state index is 0.0113. The topological polar surface area (TPSA) is 79.5 Å². The van der Waals surface area contributed by atoms with Gasteiger partial charge in [0.25, 0.3) is 11.8 Å². The fourth-order valence-corrected chi connectivity index (χ4v) is 2.67. The van der Waals surface area contributed by atoms with Crippen LogP contribution in [0.15, 0.2) is 41.8 Å². The maximum absolute atomic E-state index is 12.2. The van der Waals surface area contributed by atoms with Crippen molar-refractivity contribution in [3.63, 3.8) is 0 Å². The van der Waals surface area contributed by atoms with Crippen LogP contribution in [0.4, 0.5) is 0 Å². The summed E-state index contributed by atoms with van der Waals surface area (Å²) in [7, 11) is 0. The number of hydrogen-bond acceptors (Lipinski definition) is 5. The molecule has 2 amide bonds. The van der Waals surface area contributed by atoms with Gasteiger partial charge in [0.1, 0.15) is 5.75 Å². The Morgan fingerprint density at radius 2 is 1.85 bits per heavy atom. The normalized spacial score (nSPS) is 10.3. The van der Waals surface area contributed by atoms with Crippen LogP contribution in [0.2, 0.25) is 0 Å². The van der Waals surface area contributed by atoms with Crippen molar-refractivity contribution in [1.82, 2.24) is 16.2 Å². The molecule has 3 N–H and O–H groups in total. The SMILES string of the molecule is CC(C)CCOc1ccc(C(=O)NC(=S)NNC(=O)c2cccs2)cc1. The van der Waals surface area contributed by atoms with Crippen molar-refractivity contribution >= 4 is 40.5 Å². The zero-order chi connectivity index (χ0) is 18.9. The largest absolute Gasteiger partial charge is 0.494 e. The molecule has 1 heterocycles. The van der Waals surface area contributed by atoms with E-state index in [0.717, 1.165) is 6.42 Å². The van der Waals surface area contributed by atoms with Crippen molar-refractivity contribution in [2.24, 2.45) is 5.92 Å². The van der Waals surface area contributed by atoms with E-state index in [2.05, 4.69) is 30.0 Å². The molecule has 0 atom stereocenters. The number of benzene rings is 1. The third kappa shape index (κ3) is 6.45. The van der Waals surface area contributed by atoms with Crippen LogP contribution in [-0.2, 0) is 0 Å². The number of amides is 2. The van der Waals surface area contributed by atoms with Gasteiger partial charge >= 0.3 is 0 Å². The number of rotatable bonds is 6. The van der Waals surface area contributed by atoms with E-state index in [9.17, 15) is 9.59 Å². The van der Waals surface area contributed by atoms with Crippen molar-refractivity contribution in [1.29, 1.82) is 0 Å².